The number of aldehydes is 1. The van der Waals surface area contributed by atoms with Crippen LogP contribution in [0.15, 0.2) is 0 Å². The van der Waals surface area contributed by atoms with E-state index in [1.54, 1.807) is 0 Å². The van der Waals surface area contributed by atoms with Gasteiger partial charge in [-0.15, -0.1) is 0 Å². The van der Waals surface area contributed by atoms with Crippen LogP contribution in [0.4, 0.5) is 0 Å². The first-order valence-corrected chi connectivity index (χ1v) is 2.91. The molecule has 0 amide bonds. The summed E-state index contributed by atoms with van der Waals surface area (Å²) in [7, 11) is 1.89. The van der Waals surface area contributed by atoms with Gasteiger partial charge in [0, 0.05) is 5.92 Å². The number of hydrogen-bond acceptors (Lipinski definition) is 2. The van der Waals surface area contributed by atoms with Crippen LogP contribution in [0.1, 0.15) is 13.3 Å². The maximum Gasteiger partial charge on any atom is 0.122 e. The van der Waals surface area contributed by atoms with E-state index in [-0.39, 0.29) is 5.92 Å². The number of carbonyl (C=O) groups excluding carboxylic acids is 1. The van der Waals surface area contributed by atoms with Gasteiger partial charge in [-0.05, 0) is 20.0 Å². The highest BCUT2D eigenvalue weighted by Gasteiger charge is 1.95. The molecule has 0 rings (SSSR count). The van der Waals surface area contributed by atoms with Crippen LogP contribution in [0, 0.1) is 5.92 Å². The molecule has 0 heterocycles. The van der Waals surface area contributed by atoms with Crippen LogP contribution in [0.2, 0.25) is 0 Å². The Labute approximate surface area is 50.3 Å². The lowest BCUT2D eigenvalue weighted by Crippen LogP contribution is -2.11. The van der Waals surface area contributed by atoms with E-state index in [2.05, 4.69) is 5.32 Å². The molecule has 0 aliphatic carbocycles. The molecule has 2 nitrogen and oxygen atoms in total. The van der Waals surface area contributed by atoms with Gasteiger partial charge in [-0.25, -0.2) is 0 Å². The quantitative estimate of drug-likeness (QED) is 0.538. The lowest BCUT2D eigenvalue weighted by Gasteiger charge is -1.99. The Morgan fingerprint density at radius 2 is 2.38 bits per heavy atom. The average Bonchev–Trinajstić information content (AvgIpc) is 1.83. The summed E-state index contributed by atoms with van der Waals surface area (Å²) in [6, 6.07) is 0. The molecule has 0 aliphatic rings. The highest BCUT2D eigenvalue weighted by molar-refractivity contribution is 5.52. The molecule has 0 saturated heterocycles. The standard InChI is InChI=1S/C6H13NO/c1-6(5-8)3-4-7-2/h5-7H,3-4H2,1-2H3/t6-/m0/s1. The van der Waals surface area contributed by atoms with Crippen LogP contribution >= 0.6 is 0 Å². The van der Waals surface area contributed by atoms with Crippen LogP contribution in [-0.2, 0) is 4.79 Å². The zero-order chi connectivity index (χ0) is 6.41. The lowest BCUT2D eigenvalue weighted by molar-refractivity contribution is -0.110. The Bertz CT molecular complexity index is 63.5. The Hall–Kier alpha value is -0.370. The van der Waals surface area contributed by atoms with Gasteiger partial charge in [-0.3, -0.25) is 0 Å². The molecule has 0 aromatic heterocycles. The Morgan fingerprint density at radius 3 is 2.75 bits per heavy atom. The van der Waals surface area contributed by atoms with E-state index in [9.17, 15) is 4.79 Å². The molecular formula is C6H13NO. The van der Waals surface area contributed by atoms with Crippen molar-refractivity contribution in [1.82, 2.24) is 5.32 Å². The third-order valence-corrected chi connectivity index (χ3v) is 1.08. The van der Waals surface area contributed by atoms with Crippen LogP contribution in [0.25, 0.3) is 0 Å². The van der Waals surface area contributed by atoms with Gasteiger partial charge in [0.1, 0.15) is 6.29 Å². The molecule has 0 aliphatic heterocycles. The third-order valence-electron chi connectivity index (χ3n) is 1.08. The van der Waals surface area contributed by atoms with Crippen LogP contribution in [-0.4, -0.2) is 19.9 Å². The van der Waals surface area contributed by atoms with Gasteiger partial charge in [-0.2, -0.15) is 0 Å². The van der Waals surface area contributed by atoms with E-state index in [1.807, 2.05) is 14.0 Å². The molecule has 0 radical (unpaired) electrons. The summed E-state index contributed by atoms with van der Waals surface area (Å²) in [4.78, 5) is 9.98. The predicted octanol–water partition coefficient (Wildman–Crippen LogP) is 0.431. The van der Waals surface area contributed by atoms with Gasteiger partial charge >= 0.3 is 0 Å². The molecule has 0 fully saturated rings. The number of nitrogens with one attached hydrogen (secondary N) is 1. The lowest BCUT2D eigenvalue weighted by atomic mass is 10.1. The van der Waals surface area contributed by atoms with E-state index in [1.165, 1.54) is 0 Å². The zero-order valence-corrected chi connectivity index (χ0v) is 5.48. The van der Waals surface area contributed by atoms with Crippen LogP contribution in [0.3, 0.4) is 0 Å². The van der Waals surface area contributed by atoms with E-state index < -0.39 is 0 Å². The van der Waals surface area contributed by atoms with Crippen molar-refractivity contribution in [2.75, 3.05) is 13.6 Å². The Kier molecular flexibility index (Phi) is 4.56. The summed E-state index contributed by atoms with van der Waals surface area (Å²) in [6.07, 6.45) is 1.93. The van der Waals surface area contributed by atoms with Crippen molar-refractivity contribution in [3.05, 3.63) is 0 Å². The first kappa shape index (κ1) is 7.63. The molecule has 1 N–H and O–H groups in total. The summed E-state index contributed by atoms with van der Waals surface area (Å²) >= 11 is 0. The van der Waals surface area contributed by atoms with Gasteiger partial charge in [0.25, 0.3) is 0 Å². The highest BCUT2D eigenvalue weighted by atomic mass is 16.1. The SMILES string of the molecule is CNCC[C@H](C)C=O. The molecule has 2 heteroatoms. The number of rotatable bonds is 4. The molecule has 48 valence electrons. The van der Waals surface area contributed by atoms with Gasteiger partial charge in [-0.1, -0.05) is 6.92 Å². The molecule has 0 bridgehead atoms. The fourth-order valence-electron chi connectivity index (χ4n) is 0.440. The second-order valence-electron chi connectivity index (χ2n) is 2.01. The summed E-state index contributed by atoms with van der Waals surface area (Å²) in [5.41, 5.74) is 0. The second kappa shape index (κ2) is 4.78. The minimum absolute atomic E-state index is 0.211. The second-order valence-corrected chi connectivity index (χ2v) is 2.01. The molecule has 0 aromatic carbocycles. The fraction of sp³-hybridized carbons (Fsp3) is 0.833. The Morgan fingerprint density at radius 1 is 1.75 bits per heavy atom. The summed E-state index contributed by atoms with van der Waals surface area (Å²) < 4.78 is 0. The van der Waals surface area contributed by atoms with Crippen molar-refractivity contribution in [3.63, 3.8) is 0 Å². The molecular weight excluding hydrogens is 102 g/mol. The Balaban J connectivity index is 2.98. The third kappa shape index (κ3) is 3.81. The number of hydrogen-bond donors (Lipinski definition) is 1. The first-order chi connectivity index (χ1) is 3.81. The largest absolute Gasteiger partial charge is 0.320 e. The van der Waals surface area contributed by atoms with E-state index in [0.717, 1.165) is 19.3 Å². The first-order valence-electron chi connectivity index (χ1n) is 2.91. The monoisotopic (exact) mass is 115 g/mol. The molecule has 0 saturated carbocycles. The molecule has 0 aromatic rings. The van der Waals surface area contributed by atoms with Crippen LogP contribution in [0.5, 0.6) is 0 Å². The van der Waals surface area contributed by atoms with Crippen molar-refractivity contribution in [2.45, 2.75) is 13.3 Å². The maximum atomic E-state index is 9.98. The summed E-state index contributed by atoms with van der Waals surface area (Å²) in [5, 5.41) is 2.97. The van der Waals surface area contributed by atoms with Gasteiger partial charge < -0.3 is 10.1 Å². The summed E-state index contributed by atoms with van der Waals surface area (Å²) in [6.45, 7) is 2.85. The smallest absolute Gasteiger partial charge is 0.122 e. The average molecular weight is 115 g/mol. The van der Waals surface area contributed by atoms with Crippen molar-refractivity contribution < 1.29 is 4.79 Å². The van der Waals surface area contributed by atoms with E-state index in [4.69, 9.17) is 0 Å². The zero-order valence-electron chi connectivity index (χ0n) is 5.48. The van der Waals surface area contributed by atoms with Gasteiger partial charge in [0.15, 0.2) is 0 Å². The normalized spacial score (nSPS) is 13.2. The van der Waals surface area contributed by atoms with Gasteiger partial charge in [0.2, 0.25) is 0 Å². The summed E-state index contributed by atoms with van der Waals surface area (Å²) in [5.74, 6) is 0.211. The van der Waals surface area contributed by atoms with Crippen molar-refractivity contribution in [1.29, 1.82) is 0 Å². The van der Waals surface area contributed by atoms with Crippen molar-refractivity contribution in [3.8, 4) is 0 Å². The minimum Gasteiger partial charge on any atom is -0.320 e. The van der Waals surface area contributed by atoms with Crippen LogP contribution < -0.4 is 5.32 Å². The van der Waals surface area contributed by atoms with Crippen molar-refractivity contribution >= 4 is 6.29 Å². The fourth-order valence-corrected chi connectivity index (χ4v) is 0.440. The van der Waals surface area contributed by atoms with E-state index in [0.29, 0.717) is 0 Å². The molecule has 0 spiro atoms. The molecule has 0 unspecified atom stereocenters. The molecule has 1 atom stereocenters. The predicted molar refractivity (Wildman–Crippen MR) is 33.8 cm³/mol. The van der Waals surface area contributed by atoms with E-state index >= 15 is 0 Å². The highest BCUT2D eigenvalue weighted by Crippen LogP contribution is 1.93. The topological polar surface area (TPSA) is 29.1 Å². The van der Waals surface area contributed by atoms with Crippen molar-refractivity contribution in [2.24, 2.45) is 5.92 Å². The van der Waals surface area contributed by atoms with Gasteiger partial charge in [0.05, 0.1) is 0 Å². The maximum absolute atomic E-state index is 9.98. The minimum atomic E-state index is 0.211. The number of carbonyl (C=O) groups is 1. The molecule has 8 heavy (non-hydrogen) atoms.